The van der Waals surface area contributed by atoms with Crippen molar-refractivity contribution in [1.82, 2.24) is 0 Å². The molecule has 0 aromatic carbocycles. The van der Waals surface area contributed by atoms with Gasteiger partial charge in [0, 0.05) is 6.42 Å². The SMILES string of the molecule is C=CC(C)(C)OOC(=O)CCC(C)(C)C. The second-order valence-electron chi connectivity index (χ2n) is 5.41. The zero-order valence-electron chi connectivity index (χ0n) is 10.4. The molecule has 0 rings (SSSR count). The summed E-state index contributed by atoms with van der Waals surface area (Å²) >= 11 is 0. The minimum atomic E-state index is -0.628. The number of hydrogen-bond donors (Lipinski definition) is 0. The summed E-state index contributed by atoms with van der Waals surface area (Å²) in [6, 6.07) is 0. The van der Waals surface area contributed by atoms with E-state index in [0.29, 0.717) is 6.42 Å². The van der Waals surface area contributed by atoms with Gasteiger partial charge >= 0.3 is 5.97 Å². The fraction of sp³-hybridized carbons (Fsp3) is 0.750. The molecule has 0 aliphatic heterocycles. The Morgan fingerprint density at radius 3 is 2.20 bits per heavy atom. The van der Waals surface area contributed by atoms with Gasteiger partial charge in [0.25, 0.3) is 0 Å². The second-order valence-corrected chi connectivity index (χ2v) is 5.41. The molecule has 0 N–H and O–H groups in total. The molecule has 3 nitrogen and oxygen atoms in total. The Hall–Kier alpha value is -0.830. The summed E-state index contributed by atoms with van der Waals surface area (Å²) in [6.45, 7) is 13.4. The largest absolute Gasteiger partial charge is 0.342 e. The Bertz CT molecular complexity index is 224. The van der Waals surface area contributed by atoms with Crippen LogP contribution in [0.25, 0.3) is 0 Å². The highest BCUT2D eigenvalue weighted by atomic mass is 17.2. The molecule has 0 amide bonds. The molecule has 0 saturated carbocycles. The maximum absolute atomic E-state index is 11.3. The van der Waals surface area contributed by atoms with E-state index in [9.17, 15) is 4.79 Å². The zero-order chi connectivity index (χ0) is 12.1. The van der Waals surface area contributed by atoms with E-state index in [0.717, 1.165) is 6.42 Å². The number of rotatable bonds is 5. The summed E-state index contributed by atoms with van der Waals surface area (Å²) in [5, 5.41) is 0. The molecule has 0 atom stereocenters. The minimum absolute atomic E-state index is 0.132. The average molecular weight is 214 g/mol. The van der Waals surface area contributed by atoms with Crippen LogP contribution in [0.1, 0.15) is 47.5 Å². The van der Waals surface area contributed by atoms with Crippen LogP contribution >= 0.6 is 0 Å². The molecular formula is C12H22O3. The fourth-order valence-electron chi connectivity index (χ4n) is 0.707. The Morgan fingerprint density at radius 1 is 1.27 bits per heavy atom. The molecule has 0 aromatic rings. The lowest BCUT2D eigenvalue weighted by Gasteiger charge is -2.19. The number of hydrogen-bond acceptors (Lipinski definition) is 3. The van der Waals surface area contributed by atoms with Gasteiger partial charge in [-0.3, -0.25) is 4.89 Å². The highest BCUT2D eigenvalue weighted by Gasteiger charge is 2.19. The molecule has 0 aliphatic carbocycles. The first-order chi connectivity index (χ1) is 6.66. The van der Waals surface area contributed by atoms with E-state index in [4.69, 9.17) is 4.89 Å². The van der Waals surface area contributed by atoms with Crippen LogP contribution in [-0.4, -0.2) is 11.6 Å². The monoisotopic (exact) mass is 214 g/mol. The van der Waals surface area contributed by atoms with Gasteiger partial charge in [-0.25, -0.2) is 4.79 Å². The van der Waals surface area contributed by atoms with Crippen LogP contribution in [-0.2, 0) is 14.6 Å². The summed E-state index contributed by atoms with van der Waals surface area (Å²) in [6.07, 6.45) is 2.74. The lowest BCUT2D eigenvalue weighted by Crippen LogP contribution is -2.23. The Labute approximate surface area is 92.4 Å². The molecule has 3 heteroatoms. The predicted molar refractivity (Wildman–Crippen MR) is 60.1 cm³/mol. The number of carbonyl (C=O) groups excluding carboxylic acids is 1. The Morgan fingerprint density at radius 2 is 1.80 bits per heavy atom. The summed E-state index contributed by atoms with van der Waals surface area (Å²) in [7, 11) is 0. The van der Waals surface area contributed by atoms with Crippen molar-refractivity contribution in [3.8, 4) is 0 Å². The molecule has 0 bridgehead atoms. The fourth-order valence-corrected chi connectivity index (χ4v) is 0.707. The molecule has 0 unspecified atom stereocenters. The molecule has 0 radical (unpaired) electrons. The van der Waals surface area contributed by atoms with Crippen molar-refractivity contribution in [2.75, 3.05) is 0 Å². The standard InChI is InChI=1S/C12H22O3/c1-7-12(5,6)15-14-10(13)8-9-11(2,3)4/h7H,1,8-9H2,2-6H3. The topological polar surface area (TPSA) is 35.5 Å². The van der Waals surface area contributed by atoms with Gasteiger partial charge in [-0.1, -0.05) is 26.8 Å². The minimum Gasteiger partial charge on any atom is -0.297 e. The molecule has 0 fully saturated rings. The van der Waals surface area contributed by atoms with Crippen molar-refractivity contribution in [3.05, 3.63) is 12.7 Å². The van der Waals surface area contributed by atoms with Crippen LogP contribution in [0.15, 0.2) is 12.7 Å². The van der Waals surface area contributed by atoms with Gasteiger partial charge in [0.15, 0.2) is 0 Å². The van der Waals surface area contributed by atoms with Crippen LogP contribution in [0.4, 0.5) is 0 Å². The lowest BCUT2D eigenvalue weighted by atomic mass is 9.91. The Kier molecular flexibility index (Phi) is 5.01. The summed E-state index contributed by atoms with van der Waals surface area (Å²) in [5.41, 5.74) is -0.496. The smallest absolute Gasteiger partial charge is 0.297 e. The van der Waals surface area contributed by atoms with Gasteiger partial charge in [-0.15, -0.1) is 6.58 Å². The molecule has 15 heavy (non-hydrogen) atoms. The molecule has 0 aromatic heterocycles. The van der Waals surface area contributed by atoms with Gasteiger partial charge in [-0.05, 0) is 25.7 Å². The van der Waals surface area contributed by atoms with E-state index >= 15 is 0 Å². The molecule has 0 spiro atoms. The van der Waals surface area contributed by atoms with Crippen molar-refractivity contribution in [3.63, 3.8) is 0 Å². The van der Waals surface area contributed by atoms with E-state index in [1.807, 2.05) is 0 Å². The molecule has 0 saturated heterocycles. The van der Waals surface area contributed by atoms with Crippen molar-refractivity contribution < 1.29 is 14.6 Å². The second kappa shape index (κ2) is 5.31. The van der Waals surface area contributed by atoms with E-state index in [-0.39, 0.29) is 11.4 Å². The summed E-state index contributed by atoms with van der Waals surface area (Å²) in [5.74, 6) is -0.333. The third-order valence-electron chi connectivity index (χ3n) is 1.92. The molecule has 88 valence electrons. The lowest BCUT2D eigenvalue weighted by molar-refractivity contribution is -0.312. The first-order valence-electron chi connectivity index (χ1n) is 5.18. The van der Waals surface area contributed by atoms with Gasteiger partial charge in [0.2, 0.25) is 0 Å². The Balaban J connectivity index is 3.82. The maximum Gasteiger partial charge on any atom is 0.342 e. The van der Waals surface area contributed by atoms with Crippen molar-refractivity contribution in [2.45, 2.75) is 53.1 Å². The highest BCUT2D eigenvalue weighted by molar-refractivity contribution is 5.68. The summed E-state index contributed by atoms with van der Waals surface area (Å²) in [4.78, 5) is 20.9. The van der Waals surface area contributed by atoms with E-state index in [2.05, 4.69) is 32.2 Å². The van der Waals surface area contributed by atoms with Crippen LogP contribution in [0.2, 0.25) is 0 Å². The quantitative estimate of drug-likeness (QED) is 0.400. The van der Waals surface area contributed by atoms with E-state index in [1.54, 1.807) is 19.9 Å². The molecule has 0 aliphatic rings. The van der Waals surface area contributed by atoms with Gasteiger partial charge in [0.05, 0.1) is 0 Å². The molecule has 0 heterocycles. The van der Waals surface area contributed by atoms with Gasteiger partial charge < -0.3 is 0 Å². The van der Waals surface area contributed by atoms with Crippen molar-refractivity contribution in [1.29, 1.82) is 0 Å². The third-order valence-corrected chi connectivity index (χ3v) is 1.92. The maximum atomic E-state index is 11.3. The van der Waals surface area contributed by atoms with Crippen LogP contribution < -0.4 is 0 Å². The first-order valence-corrected chi connectivity index (χ1v) is 5.18. The van der Waals surface area contributed by atoms with Crippen LogP contribution in [0.3, 0.4) is 0 Å². The van der Waals surface area contributed by atoms with E-state index < -0.39 is 5.60 Å². The predicted octanol–water partition coefficient (Wildman–Crippen LogP) is 3.25. The van der Waals surface area contributed by atoms with Crippen LogP contribution in [0.5, 0.6) is 0 Å². The average Bonchev–Trinajstić information content (AvgIpc) is 2.10. The first kappa shape index (κ1) is 14.2. The summed E-state index contributed by atoms with van der Waals surface area (Å²) < 4.78 is 0. The highest BCUT2D eigenvalue weighted by Crippen LogP contribution is 2.21. The molecular weight excluding hydrogens is 192 g/mol. The zero-order valence-corrected chi connectivity index (χ0v) is 10.4. The normalized spacial score (nSPS) is 12.3. The van der Waals surface area contributed by atoms with E-state index in [1.165, 1.54) is 0 Å². The third kappa shape index (κ3) is 8.18. The van der Waals surface area contributed by atoms with Crippen molar-refractivity contribution >= 4 is 5.97 Å². The van der Waals surface area contributed by atoms with Gasteiger partial charge in [0.1, 0.15) is 5.60 Å². The van der Waals surface area contributed by atoms with Crippen molar-refractivity contribution in [2.24, 2.45) is 5.41 Å². The van der Waals surface area contributed by atoms with Crippen LogP contribution in [0, 0.1) is 5.41 Å². The van der Waals surface area contributed by atoms with Gasteiger partial charge in [-0.2, -0.15) is 4.89 Å². The number of carbonyl (C=O) groups is 1.